The Bertz CT molecular complexity index is 445. The molecular formula is C16H27N3O. The highest BCUT2D eigenvalue weighted by molar-refractivity contribution is 5.95. The lowest BCUT2D eigenvalue weighted by molar-refractivity contribution is 0.0715. The van der Waals surface area contributed by atoms with Crippen LogP contribution in [-0.4, -0.2) is 28.9 Å². The topological polar surface area (TPSA) is 59.2 Å². The van der Waals surface area contributed by atoms with Gasteiger partial charge in [0.2, 0.25) is 0 Å². The van der Waals surface area contributed by atoms with Gasteiger partial charge in [-0.15, -0.1) is 0 Å². The number of pyridine rings is 1. The number of amides is 1. The fraction of sp³-hybridized carbons (Fsp3) is 0.625. The molecular weight excluding hydrogens is 250 g/mol. The summed E-state index contributed by atoms with van der Waals surface area (Å²) in [5, 5.41) is 0. The maximum absolute atomic E-state index is 12.7. The standard InChI is InChI=1S/C16H27N3O/c1-6-14-7-13(8-15(17)18-14)16(20)19(9-11(2)3)10-12(4)5/h7-8,11-12H,6,9-10H2,1-5H3,(H2,17,18). The Hall–Kier alpha value is -1.58. The first-order valence-corrected chi connectivity index (χ1v) is 7.39. The summed E-state index contributed by atoms with van der Waals surface area (Å²) in [5.74, 6) is 1.36. The van der Waals surface area contributed by atoms with Crippen LogP contribution in [0.4, 0.5) is 5.82 Å². The first-order chi connectivity index (χ1) is 9.33. The summed E-state index contributed by atoms with van der Waals surface area (Å²) in [5.41, 5.74) is 7.31. The highest BCUT2D eigenvalue weighted by Gasteiger charge is 2.19. The predicted molar refractivity (Wildman–Crippen MR) is 83.6 cm³/mol. The zero-order valence-electron chi connectivity index (χ0n) is 13.3. The number of hydrogen-bond acceptors (Lipinski definition) is 3. The van der Waals surface area contributed by atoms with Crippen LogP contribution in [-0.2, 0) is 6.42 Å². The lowest BCUT2D eigenvalue weighted by Crippen LogP contribution is -2.37. The van der Waals surface area contributed by atoms with E-state index in [0.717, 1.165) is 25.2 Å². The molecule has 0 bridgehead atoms. The largest absolute Gasteiger partial charge is 0.384 e. The minimum Gasteiger partial charge on any atom is -0.384 e. The first kappa shape index (κ1) is 16.5. The van der Waals surface area contributed by atoms with Gasteiger partial charge in [0, 0.05) is 24.3 Å². The molecule has 0 saturated heterocycles. The van der Waals surface area contributed by atoms with Crippen LogP contribution in [0.25, 0.3) is 0 Å². The van der Waals surface area contributed by atoms with Crippen LogP contribution < -0.4 is 5.73 Å². The van der Waals surface area contributed by atoms with Gasteiger partial charge in [-0.3, -0.25) is 4.79 Å². The number of aromatic nitrogens is 1. The summed E-state index contributed by atoms with van der Waals surface area (Å²) in [4.78, 5) is 18.8. The van der Waals surface area contributed by atoms with Gasteiger partial charge < -0.3 is 10.6 Å². The van der Waals surface area contributed by atoms with Gasteiger partial charge in [-0.2, -0.15) is 0 Å². The maximum Gasteiger partial charge on any atom is 0.254 e. The number of nitrogens with two attached hydrogens (primary N) is 1. The van der Waals surface area contributed by atoms with Crippen LogP contribution in [0.3, 0.4) is 0 Å². The molecule has 0 radical (unpaired) electrons. The lowest BCUT2D eigenvalue weighted by Gasteiger charge is -2.26. The number of carbonyl (C=O) groups is 1. The van der Waals surface area contributed by atoms with Crippen LogP contribution in [0.5, 0.6) is 0 Å². The molecule has 0 aliphatic carbocycles. The molecule has 2 N–H and O–H groups in total. The maximum atomic E-state index is 12.7. The van der Waals surface area contributed by atoms with Gasteiger partial charge in [0.1, 0.15) is 5.82 Å². The van der Waals surface area contributed by atoms with Crippen LogP contribution in [0.1, 0.15) is 50.7 Å². The number of aryl methyl sites for hydroxylation is 1. The highest BCUT2D eigenvalue weighted by Crippen LogP contribution is 2.14. The molecule has 0 fully saturated rings. The van der Waals surface area contributed by atoms with E-state index in [9.17, 15) is 4.79 Å². The number of hydrogen-bond donors (Lipinski definition) is 1. The molecule has 4 heteroatoms. The summed E-state index contributed by atoms with van der Waals surface area (Å²) in [6.45, 7) is 12.0. The molecule has 0 saturated carbocycles. The van der Waals surface area contributed by atoms with Crippen molar-refractivity contribution in [2.45, 2.75) is 41.0 Å². The van der Waals surface area contributed by atoms with Crippen LogP contribution in [0.2, 0.25) is 0 Å². The van der Waals surface area contributed by atoms with E-state index in [1.165, 1.54) is 0 Å². The lowest BCUT2D eigenvalue weighted by atomic mass is 10.1. The molecule has 0 atom stereocenters. The van der Waals surface area contributed by atoms with Crippen molar-refractivity contribution >= 4 is 11.7 Å². The molecule has 0 spiro atoms. The normalized spacial score (nSPS) is 11.2. The quantitative estimate of drug-likeness (QED) is 0.869. The van der Waals surface area contributed by atoms with E-state index in [-0.39, 0.29) is 5.91 Å². The second-order valence-corrected chi connectivity index (χ2v) is 6.12. The smallest absolute Gasteiger partial charge is 0.254 e. The minimum absolute atomic E-state index is 0.0520. The van der Waals surface area contributed by atoms with E-state index >= 15 is 0 Å². The molecule has 0 unspecified atom stereocenters. The monoisotopic (exact) mass is 277 g/mol. The summed E-state index contributed by atoms with van der Waals surface area (Å²) in [6, 6.07) is 3.53. The van der Waals surface area contributed by atoms with Gasteiger partial charge >= 0.3 is 0 Å². The van der Waals surface area contributed by atoms with E-state index in [1.807, 2.05) is 17.9 Å². The van der Waals surface area contributed by atoms with Gasteiger partial charge in [-0.25, -0.2) is 4.98 Å². The van der Waals surface area contributed by atoms with Crippen LogP contribution in [0, 0.1) is 11.8 Å². The molecule has 1 heterocycles. The fourth-order valence-electron chi connectivity index (χ4n) is 2.22. The van der Waals surface area contributed by atoms with Crippen molar-refractivity contribution in [2.24, 2.45) is 11.8 Å². The molecule has 1 rings (SSSR count). The Morgan fingerprint density at radius 1 is 1.20 bits per heavy atom. The second-order valence-electron chi connectivity index (χ2n) is 6.12. The van der Waals surface area contributed by atoms with Crippen molar-refractivity contribution < 1.29 is 4.79 Å². The molecule has 1 aromatic heterocycles. The van der Waals surface area contributed by atoms with Crippen LogP contribution in [0.15, 0.2) is 12.1 Å². The van der Waals surface area contributed by atoms with Gasteiger partial charge in [0.05, 0.1) is 0 Å². The van der Waals surface area contributed by atoms with Crippen molar-refractivity contribution in [2.75, 3.05) is 18.8 Å². The van der Waals surface area contributed by atoms with Gasteiger partial charge in [-0.05, 0) is 30.4 Å². The molecule has 0 aromatic carbocycles. The zero-order chi connectivity index (χ0) is 15.3. The second kappa shape index (κ2) is 7.27. The Balaban J connectivity index is 3.01. The average Bonchev–Trinajstić information content (AvgIpc) is 2.35. The highest BCUT2D eigenvalue weighted by atomic mass is 16.2. The Morgan fingerprint density at radius 3 is 2.20 bits per heavy atom. The number of carbonyl (C=O) groups excluding carboxylic acids is 1. The third kappa shape index (κ3) is 4.83. The average molecular weight is 277 g/mol. The fourth-order valence-corrected chi connectivity index (χ4v) is 2.22. The third-order valence-corrected chi connectivity index (χ3v) is 2.97. The first-order valence-electron chi connectivity index (χ1n) is 7.39. The Morgan fingerprint density at radius 2 is 1.75 bits per heavy atom. The number of rotatable bonds is 6. The summed E-state index contributed by atoms with van der Waals surface area (Å²) in [7, 11) is 0. The summed E-state index contributed by atoms with van der Waals surface area (Å²) < 4.78 is 0. The van der Waals surface area contributed by atoms with Gasteiger partial charge in [-0.1, -0.05) is 34.6 Å². The van der Waals surface area contributed by atoms with E-state index in [0.29, 0.717) is 23.2 Å². The molecule has 1 amide bonds. The van der Waals surface area contributed by atoms with Gasteiger partial charge in [0.15, 0.2) is 0 Å². The van der Waals surface area contributed by atoms with E-state index in [4.69, 9.17) is 5.73 Å². The van der Waals surface area contributed by atoms with E-state index in [2.05, 4.69) is 32.7 Å². The van der Waals surface area contributed by atoms with Crippen molar-refractivity contribution in [1.29, 1.82) is 0 Å². The molecule has 4 nitrogen and oxygen atoms in total. The van der Waals surface area contributed by atoms with Crippen LogP contribution >= 0.6 is 0 Å². The summed E-state index contributed by atoms with van der Waals surface area (Å²) in [6.07, 6.45) is 0.777. The van der Waals surface area contributed by atoms with Gasteiger partial charge in [0.25, 0.3) is 5.91 Å². The third-order valence-electron chi connectivity index (χ3n) is 2.97. The molecule has 0 aliphatic rings. The number of anilines is 1. The van der Waals surface area contributed by atoms with Crippen molar-refractivity contribution in [3.8, 4) is 0 Å². The summed E-state index contributed by atoms with van der Waals surface area (Å²) >= 11 is 0. The molecule has 112 valence electrons. The van der Waals surface area contributed by atoms with Crippen molar-refractivity contribution in [3.63, 3.8) is 0 Å². The Kier molecular flexibility index (Phi) is 5.99. The Labute approximate surface area is 122 Å². The van der Waals surface area contributed by atoms with E-state index < -0.39 is 0 Å². The molecule has 0 aliphatic heterocycles. The SMILES string of the molecule is CCc1cc(C(=O)N(CC(C)C)CC(C)C)cc(N)n1. The zero-order valence-corrected chi connectivity index (χ0v) is 13.3. The molecule has 20 heavy (non-hydrogen) atoms. The van der Waals surface area contributed by atoms with Crippen molar-refractivity contribution in [1.82, 2.24) is 9.88 Å². The van der Waals surface area contributed by atoms with E-state index in [1.54, 1.807) is 6.07 Å². The van der Waals surface area contributed by atoms with Crippen molar-refractivity contribution in [3.05, 3.63) is 23.4 Å². The minimum atomic E-state index is 0.0520. The number of nitrogen functional groups attached to an aromatic ring is 1. The predicted octanol–water partition coefficient (Wildman–Crippen LogP) is 2.98. The number of nitrogens with zero attached hydrogens (tertiary/aromatic N) is 2. The molecule has 1 aromatic rings.